The first-order chi connectivity index (χ1) is 24.9. The Morgan fingerprint density at radius 1 is 0.630 bits per heavy atom. The lowest BCUT2D eigenvalue weighted by Crippen LogP contribution is -2.49. The van der Waals surface area contributed by atoms with Gasteiger partial charge < -0.3 is 30.8 Å². The highest BCUT2D eigenvalue weighted by Gasteiger charge is 2.39. The summed E-state index contributed by atoms with van der Waals surface area (Å²) in [6.45, 7) is 23.2. The van der Waals surface area contributed by atoms with Gasteiger partial charge in [-0.15, -0.1) is 0 Å². The average molecular weight is 739 g/mol. The molecule has 0 spiro atoms. The third kappa shape index (κ3) is 9.15. The summed E-state index contributed by atoms with van der Waals surface area (Å²) in [7, 11) is 0. The van der Waals surface area contributed by atoms with Crippen molar-refractivity contribution in [1.82, 2.24) is 40.5 Å². The number of aromatic amines is 2. The number of H-pyrrole nitrogens is 2. The fraction of sp³-hybridized carbons (Fsp3) is 0.524. The van der Waals surface area contributed by atoms with Crippen molar-refractivity contribution < 1.29 is 19.8 Å². The summed E-state index contributed by atoms with van der Waals surface area (Å²) in [5, 5.41) is 27.9. The molecular weight excluding hydrogens is 681 g/mol. The van der Waals surface area contributed by atoms with Gasteiger partial charge in [-0.1, -0.05) is 81.4 Å². The lowest BCUT2D eigenvalue weighted by molar-refractivity contribution is -0.141. The first kappa shape index (κ1) is 40.5. The molecule has 3 heterocycles. The van der Waals surface area contributed by atoms with Crippen molar-refractivity contribution in [2.75, 3.05) is 0 Å². The predicted octanol–water partition coefficient (Wildman–Crippen LogP) is 7.56. The molecule has 0 aliphatic carbocycles. The number of rotatable bonds is 12. The highest BCUT2D eigenvalue weighted by molar-refractivity contribution is 5.86. The monoisotopic (exact) mass is 738 g/mol. The van der Waals surface area contributed by atoms with Gasteiger partial charge in [0.1, 0.15) is 22.9 Å². The number of fused-ring (bicyclic) bond motifs is 2. The number of benzene rings is 2. The van der Waals surface area contributed by atoms with Gasteiger partial charge in [0.05, 0.1) is 57.9 Å². The Morgan fingerprint density at radius 3 is 1.28 bits per heavy atom. The number of carbonyl (C=O) groups is 2. The van der Waals surface area contributed by atoms with Crippen LogP contribution >= 0.6 is 0 Å². The maximum atomic E-state index is 13.2. The van der Waals surface area contributed by atoms with Crippen LogP contribution in [-0.2, 0) is 9.59 Å². The van der Waals surface area contributed by atoms with Gasteiger partial charge in [-0.2, -0.15) is 0 Å². The van der Waals surface area contributed by atoms with Crippen LogP contribution in [0.2, 0.25) is 0 Å². The van der Waals surface area contributed by atoms with Gasteiger partial charge in [0.15, 0.2) is 0 Å². The van der Waals surface area contributed by atoms with E-state index in [9.17, 15) is 19.8 Å². The molecule has 12 heteroatoms. The highest BCUT2D eigenvalue weighted by atomic mass is 16.3. The lowest BCUT2D eigenvalue weighted by atomic mass is 9.85. The number of nitrogens with one attached hydrogen (secondary N) is 4. The molecule has 290 valence electrons. The summed E-state index contributed by atoms with van der Waals surface area (Å²) in [5.41, 5.74) is 2.37. The molecule has 0 saturated carbocycles. The molecular formula is C42H58N8O4. The Morgan fingerprint density at radius 2 is 0.981 bits per heavy atom. The molecule has 5 aromatic rings. The Labute approximate surface area is 318 Å². The minimum atomic E-state index is -1.50. The SMILES string of the molecule is CC(C)CC(C)(O)C(=O)N[C@H](c1nc2ccc(-c3cnc(-c4ccc5nc([C@@H](NC(=O)C(C)(O)CC(C)C)C(C)(C)C)[nH]c5c4)cn3)cc2[nH]1)C(C)(C)C. The topological polar surface area (TPSA) is 182 Å². The number of aromatic nitrogens is 6. The van der Waals surface area contributed by atoms with E-state index >= 15 is 0 Å². The quantitative estimate of drug-likeness (QED) is 0.0758. The van der Waals surface area contributed by atoms with Gasteiger partial charge in [0.25, 0.3) is 11.8 Å². The van der Waals surface area contributed by atoms with E-state index in [1.165, 1.54) is 0 Å². The van der Waals surface area contributed by atoms with Gasteiger partial charge in [0, 0.05) is 11.1 Å². The molecule has 0 fully saturated rings. The number of hydrogen-bond donors (Lipinski definition) is 6. The molecule has 2 aromatic carbocycles. The molecule has 54 heavy (non-hydrogen) atoms. The molecule has 12 nitrogen and oxygen atoms in total. The second-order valence-corrected chi connectivity index (χ2v) is 18.3. The molecule has 3 aromatic heterocycles. The maximum absolute atomic E-state index is 13.2. The predicted molar refractivity (Wildman–Crippen MR) is 213 cm³/mol. The summed E-state index contributed by atoms with van der Waals surface area (Å²) >= 11 is 0. The molecule has 2 amide bonds. The molecule has 0 aliphatic heterocycles. The Balaban J connectivity index is 1.37. The Hall–Kier alpha value is -4.68. The third-order valence-corrected chi connectivity index (χ3v) is 9.66. The fourth-order valence-corrected chi connectivity index (χ4v) is 7.02. The number of aliphatic hydroxyl groups is 2. The Kier molecular flexibility index (Phi) is 11.1. The maximum Gasteiger partial charge on any atom is 0.252 e. The van der Waals surface area contributed by atoms with Crippen molar-refractivity contribution in [3.8, 4) is 22.5 Å². The van der Waals surface area contributed by atoms with Crippen LogP contribution < -0.4 is 10.6 Å². The zero-order valence-electron chi connectivity index (χ0n) is 33.8. The van der Waals surface area contributed by atoms with Crippen LogP contribution in [0.5, 0.6) is 0 Å². The van der Waals surface area contributed by atoms with E-state index in [4.69, 9.17) is 19.9 Å². The van der Waals surface area contributed by atoms with E-state index < -0.39 is 35.1 Å². The number of carbonyl (C=O) groups excluding carboxylic acids is 2. The lowest BCUT2D eigenvalue weighted by Gasteiger charge is -2.33. The summed E-state index contributed by atoms with van der Waals surface area (Å²) in [6, 6.07) is 10.7. The second kappa shape index (κ2) is 14.9. The zero-order valence-corrected chi connectivity index (χ0v) is 33.8. The van der Waals surface area contributed by atoms with Crippen molar-refractivity contribution in [2.45, 2.75) is 119 Å². The summed E-state index contributed by atoms with van der Waals surface area (Å²) in [6.07, 6.45) is 4.17. The number of imidazole rings is 2. The molecule has 0 aliphatic rings. The summed E-state index contributed by atoms with van der Waals surface area (Å²) in [4.78, 5) is 52.3. The second-order valence-electron chi connectivity index (χ2n) is 18.3. The van der Waals surface area contributed by atoms with E-state index in [2.05, 4.69) is 20.6 Å². The first-order valence-electron chi connectivity index (χ1n) is 18.8. The van der Waals surface area contributed by atoms with E-state index in [1.54, 1.807) is 26.2 Å². The van der Waals surface area contributed by atoms with Gasteiger partial charge in [-0.25, -0.2) is 9.97 Å². The molecule has 0 radical (unpaired) electrons. The fourth-order valence-electron chi connectivity index (χ4n) is 7.02. The van der Waals surface area contributed by atoms with Crippen LogP contribution in [0.4, 0.5) is 0 Å². The Bertz CT molecular complexity index is 1960. The van der Waals surface area contributed by atoms with E-state index in [0.29, 0.717) is 35.9 Å². The number of hydrogen-bond acceptors (Lipinski definition) is 8. The van der Waals surface area contributed by atoms with Crippen molar-refractivity contribution in [3.63, 3.8) is 0 Å². The van der Waals surface area contributed by atoms with Gasteiger partial charge >= 0.3 is 0 Å². The average Bonchev–Trinajstić information content (AvgIpc) is 3.66. The van der Waals surface area contributed by atoms with Gasteiger partial charge in [0.2, 0.25) is 0 Å². The van der Waals surface area contributed by atoms with Crippen molar-refractivity contribution in [2.24, 2.45) is 22.7 Å². The standard InChI is InChI=1S/C42H58N8O4/c1-23(2)19-41(11,53)37(51)49-33(39(5,6)7)35-45-27-15-13-25(17-29(27)47-35)31-21-44-32(22-43-31)26-14-16-28-30(18-26)48-36(46-28)34(40(8,9)10)50-38(52)42(12,54)20-24(3)4/h13-18,21-24,33-34,53-54H,19-20H2,1-12H3,(H,45,47)(H,46,48)(H,49,51)(H,50,52)/t33-,34-,41?,42?/m1/s1. The molecule has 5 rings (SSSR count). The highest BCUT2D eigenvalue weighted by Crippen LogP contribution is 2.36. The third-order valence-electron chi connectivity index (χ3n) is 9.66. The van der Waals surface area contributed by atoms with Crippen LogP contribution in [0.1, 0.15) is 120 Å². The smallest absolute Gasteiger partial charge is 0.252 e. The van der Waals surface area contributed by atoms with Gasteiger partial charge in [-0.3, -0.25) is 19.6 Å². The van der Waals surface area contributed by atoms with Crippen LogP contribution in [0, 0.1) is 22.7 Å². The van der Waals surface area contributed by atoms with Gasteiger partial charge in [-0.05, 0) is 73.6 Å². The van der Waals surface area contributed by atoms with E-state index in [-0.39, 0.29) is 22.7 Å². The first-order valence-corrected chi connectivity index (χ1v) is 18.8. The van der Waals surface area contributed by atoms with Crippen molar-refractivity contribution in [3.05, 3.63) is 60.4 Å². The van der Waals surface area contributed by atoms with Crippen LogP contribution in [0.25, 0.3) is 44.6 Å². The summed E-state index contributed by atoms with van der Waals surface area (Å²) in [5.74, 6) is 0.674. The zero-order chi connectivity index (χ0) is 40.0. The minimum absolute atomic E-state index is 0.155. The normalized spacial score (nSPS) is 16.0. The molecule has 6 N–H and O–H groups in total. The number of amides is 2. The van der Waals surface area contributed by atoms with Crippen LogP contribution in [0.15, 0.2) is 48.8 Å². The van der Waals surface area contributed by atoms with Crippen LogP contribution in [-0.4, -0.2) is 63.1 Å². The molecule has 0 saturated heterocycles. The van der Waals surface area contributed by atoms with Crippen LogP contribution in [0.3, 0.4) is 0 Å². The minimum Gasteiger partial charge on any atom is -0.380 e. The van der Waals surface area contributed by atoms with Crippen molar-refractivity contribution >= 4 is 33.9 Å². The largest absolute Gasteiger partial charge is 0.380 e. The molecule has 0 bridgehead atoms. The van der Waals surface area contributed by atoms with E-state index in [1.807, 2.05) is 106 Å². The molecule has 2 unspecified atom stereocenters. The summed E-state index contributed by atoms with van der Waals surface area (Å²) < 4.78 is 0. The van der Waals surface area contributed by atoms with Crippen molar-refractivity contribution in [1.29, 1.82) is 0 Å². The molecule has 4 atom stereocenters. The van der Waals surface area contributed by atoms with E-state index in [0.717, 1.165) is 33.2 Å². The number of nitrogens with zero attached hydrogens (tertiary/aromatic N) is 4.